The fourth-order valence-electron chi connectivity index (χ4n) is 2.27. The van der Waals surface area contributed by atoms with Gasteiger partial charge in [0.2, 0.25) is 0 Å². The number of para-hydroxylation sites is 1. The first-order valence-corrected chi connectivity index (χ1v) is 6.70. The van der Waals surface area contributed by atoms with E-state index in [0.717, 1.165) is 24.6 Å². The lowest BCUT2D eigenvalue weighted by molar-refractivity contribution is -0.142. The molecule has 0 saturated heterocycles. The van der Waals surface area contributed by atoms with Gasteiger partial charge in [0.1, 0.15) is 29.0 Å². The Bertz CT molecular complexity index is 931. The third kappa shape index (κ3) is 2.85. The van der Waals surface area contributed by atoms with Crippen molar-refractivity contribution < 1.29 is 26.9 Å². The Morgan fingerprint density at radius 1 is 1.28 bits per heavy atom. The van der Waals surface area contributed by atoms with Gasteiger partial charge in [0.05, 0.1) is 11.8 Å². The van der Waals surface area contributed by atoms with E-state index in [9.17, 15) is 22.4 Å². The summed E-state index contributed by atoms with van der Waals surface area (Å²) in [4.78, 5) is 11.7. The number of hydrogen-bond acceptors (Lipinski definition) is 5. The van der Waals surface area contributed by atoms with E-state index >= 15 is 0 Å². The molecule has 0 radical (unpaired) electrons. The number of nitrogens with one attached hydrogen (secondary N) is 1. The highest BCUT2D eigenvalue weighted by molar-refractivity contribution is 5.99. The van der Waals surface area contributed by atoms with Gasteiger partial charge >= 0.3 is 6.18 Å². The van der Waals surface area contributed by atoms with E-state index in [0.29, 0.717) is 4.68 Å². The van der Waals surface area contributed by atoms with Crippen LogP contribution in [0.3, 0.4) is 0 Å². The number of nitrogens with zero attached hydrogens (tertiary/aromatic N) is 3. The number of alkyl halides is 3. The number of carbonyl (C=O) groups excluding carboxylic acids is 1. The summed E-state index contributed by atoms with van der Waals surface area (Å²) < 4.78 is 59.7. The van der Waals surface area contributed by atoms with Crippen LogP contribution < -0.4 is 11.3 Å². The summed E-state index contributed by atoms with van der Waals surface area (Å²) in [6, 6.07) is 4.83. The van der Waals surface area contributed by atoms with Crippen molar-refractivity contribution in [1.29, 1.82) is 0 Å². The van der Waals surface area contributed by atoms with Gasteiger partial charge in [0, 0.05) is 0 Å². The molecule has 7 nitrogen and oxygen atoms in total. The standard InChI is InChI=1S/C14H9F4N5O2/c15-9-3-1-2-4-10(9)23-12(14(16,17)18)7(5-20-23)11-8(6-25-22-11)13(24)21-19/h1-6H,19H2,(H,21,24). The first-order valence-electron chi connectivity index (χ1n) is 6.70. The number of benzene rings is 1. The fourth-order valence-corrected chi connectivity index (χ4v) is 2.27. The van der Waals surface area contributed by atoms with Crippen molar-refractivity contribution in [3.05, 3.63) is 53.8 Å². The highest BCUT2D eigenvalue weighted by Crippen LogP contribution is 2.39. The number of nitrogen functional groups attached to an aromatic ring is 1. The molecular weight excluding hydrogens is 346 g/mol. The van der Waals surface area contributed by atoms with E-state index in [1.807, 2.05) is 0 Å². The Labute approximate surface area is 137 Å². The van der Waals surface area contributed by atoms with Crippen molar-refractivity contribution in [1.82, 2.24) is 20.4 Å². The van der Waals surface area contributed by atoms with Gasteiger partial charge in [-0.3, -0.25) is 10.2 Å². The van der Waals surface area contributed by atoms with E-state index in [-0.39, 0.29) is 5.56 Å². The summed E-state index contributed by atoms with van der Waals surface area (Å²) in [6.07, 6.45) is -3.25. The molecule has 0 aliphatic rings. The van der Waals surface area contributed by atoms with E-state index in [4.69, 9.17) is 5.84 Å². The highest BCUT2D eigenvalue weighted by atomic mass is 19.4. The van der Waals surface area contributed by atoms with E-state index in [1.165, 1.54) is 12.1 Å². The van der Waals surface area contributed by atoms with Gasteiger partial charge in [0.15, 0.2) is 5.69 Å². The van der Waals surface area contributed by atoms with Crippen molar-refractivity contribution in [2.75, 3.05) is 0 Å². The van der Waals surface area contributed by atoms with Crippen LogP contribution in [0.1, 0.15) is 16.1 Å². The summed E-state index contributed by atoms with van der Waals surface area (Å²) in [5.74, 6) is 3.19. The smallest absolute Gasteiger partial charge is 0.363 e. The number of amides is 1. The topological polar surface area (TPSA) is 99.0 Å². The van der Waals surface area contributed by atoms with Crippen LogP contribution in [0, 0.1) is 5.82 Å². The molecule has 0 aliphatic carbocycles. The molecule has 25 heavy (non-hydrogen) atoms. The van der Waals surface area contributed by atoms with Gasteiger partial charge in [-0.05, 0) is 12.1 Å². The van der Waals surface area contributed by atoms with Crippen LogP contribution in [0.2, 0.25) is 0 Å². The number of halogens is 4. The average Bonchev–Trinajstić information content (AvgIpc) is 3.20. The number of carbonyl (C=O) groups is 1. The predicted molar refractivity (Wildman–Crippen MR) is 75.7 cm³/mol. The number of rotatable bonds is 3. The summed E-state index contributed by atoms with van der Waals surface area (Å²) in [6.45, 7) is 0. The first kappa shape index (κ1) is 16.6. The normalized spacial score (nSPS) is 11.6. The Balaban J connectivity index is 2.26. The van der Waals surface area contributed by atoms with Gasteiger partial charge in [-0.1, -0.05) is 17.3 Å². The second kappa shape index (κ2) is 6.02. The van der Waals surface area contributed by atoms with Crippen LogP contribution in [0.5, 0.6) is 0 Å². The Hall–Kier alpha value is -3.21. The monoisotopic (exact) mass is 355 g/mol. The molecular formula is C14H9F4N5O2. The van der Waals surface area contributed by atoms with E-state index in [1.54, 1.807) is 5.43 Å². The zero-order valence-corrected chi connectivity index (χ0v) is 12.2. The predicted octanol–water partition coefficient (Wildman–Crippen LogP) is 2.29. The molecule has 3 aromatic rings. The van der Waals surface area contributed by atoms with Gasteiger partial charge in [-0.2, -0.15) is 18.3 Å². The Kier molecular flexibility index (Phi) is 4.00. The van der Waals surface area contributed by atoms with Crippen molar-refractivity contribution >= 4 is 5.91 Å². The third-order valence-electron chi connectivity index (χ3n) is 3.32. The molecule has 2 aromatic heterocycles. The molecule has 0 fully saturated rings. The van der Waals surface area contributed by atoms with E-state index in [2.05, 4.69) is 14.8 Å². The number of nitrogens with two attached hydrogens (primary N) is 1. The molecule has 130 valence electrons. The molecule has 3 N–H and O–H groups in total. The number of hydrazine groups is 1. The molecule has 1 aromatic carbocycles. The van der Waals surface area contributed by atoms with Crippen molar-refractivity contribution in [3.63, 3.8) is 0 Å². The summed E-state index contributed by atoms with van der Waals surface area (Å²) in [7, 11) is 0. The molecule has 0 saturated carbocycles. The number of aromatic nitrogens is 3. The minimum atomic E-state index is -4.91. The third-order valence-corrected chi connectivity index (χ3v) is 3.32. The molecule has 11 heteroatoms. The Morgan fingerprint density at radius 3 is 2.64 bits per heavy atom. The quantitative estimate of drug-likeness (QED) is 0.325. The van der Waals surface area contributed by atoms with Crippen molar-refractivity contribution in [2.45, 2.75) is 6.18 Å². The molecule has 0 unspecified atom stereocenters. The number of hydrogen-bond donors (Lipinski definition) is 2. The second-order valence-electron chi connectivity index (χ2n) is 4.82. The van der Waals surface area contributed by atoms with E-state index < -0.39 is 40.5 Å². The van der Waals surface area contributed by atoms with Crippen LogP contribution in [0.15, 0.2) is 41.2 Å². The maximum Gasteiger partial charge on any atom is 0.434 e. The minimum absolute atomic E-state index is 0.318. The molecule has 3 rings (SSSR count). The fraction of sp³-hybridized carbons (Fsp3) is 0.0714. The average molecular weight is 355 g/mol. The Morgan fingerprint density at radius 2 is 2.00 bits per heavy atom. The van der Waals surface area contributed by atoms with Crippen LogP contribution in [-0.2, 0) is 6.18 Å². The SMILES string of the molecule is NNC(=O)c1conc1-c1cnn(-c2ccccc2F)c1C(F)(F)F. The van der Waals surface area contributed by atoms with Gasteiger partial charge < -0.3 is 4.52 Å². The molecule has 0 spiro atoms. The van der Waals surface area contributed by atoms with Crippen LogP contribution in [0.25, 0.3) is 16.9 Å². The maximum absolute atomic E-state index is 13.9. The maximum atomic E-state index is 13.9. The molecule has 1 amide bonds. The van der Waals surface area contributed by atoms with Crippen molar-refractivity contribution in [2.24, 2.45) is 5.84 Å². The van der Waals surface area contributed by atoms with Crippen LogP contribution >= 0.6 is 0 Å². The molecule has 2 heterocycles. The lowest BCUT2D eigenvalue weighted by Gasteiger charge is -2.12. The van der Waals surface area contributed by atoms with Crippen LogP contribution in [-0.4, -0.2) is 20.8 Å². The molecule has 0 aliphatic heterocycles. The lowest BCUT2D eigenvalue weighted by atomic mass is 10.1. The lowest BCUT2D eigenvalue weighted by Crippen LogP contribution is -2.30. The minimum Gasteiger partial charge on any atom is -0.363 e. The summed E-state index contributed by atoms with van der Waals surface area (Å²) in [5, 5.41) is 7.03. The van der Waals surface area contributed by atoms with Gasteiger partial charge in [-0.25, -0.2) is 14.9 Å². The largest absolute Gasteiger partial charge is 0.434 e. The van der Waals surface area contributed by atoms with Gasteiger partial charge in [-0.15, -0.1) is 0 Å². The zero-order chi connectivity index (χ0) is 18.2. The van der Waals surface area contributed by atoms with Crippen LogP contribution in [0.4, 0.5) is 17.6 Å². The van der Waals surface area contributed by atoms with Crippen molar-refractivity contribution in [3.8, 4) is 16.9 Å². The zero-order valence-electron chi connectivity index (χ0n) is 12.2. The highest BCUT2D eigenvalue weighted by Gasteiger charge is 2.41. The van der Waals surface area contributed by atoms with Gasteiger partial charge in [0.25, 0.3) is 5.91 Å². The molecule has 0 atom stereocenters. The molecule has 0 bridgehead atoms. The second-order valence-corrected chi connectivity index (χ2v) is 4.82. The summed E-state index contributed by atoms with van der Waals surface area (Å²) in [5.41, 5.74) is -1.23. The first-order chi connectivity index (χ1) is 11.8. The summed E-state index contributed by atoms with van der Waals surface area (Å²) >= 11 is 0.